The number of nitrogen functional groups attached to an aromatic ring is 1. The zero-order valence-electron chi connectivity index (χ0n) is 10.8. The van der Waals surface area contributed by atoms with Crippen LogP contribution >= 0.6 is 11.6 Å². The number of methoxy groups -OCH3 is 1. The normalized spacial score (nSPS) is 10.3. The maximum Gasteiger partial charge on any atom is 0.169 e. The fraction of sp³-hybridized carbons (Fsp3) is 0.133. The molecule has 0 saturated carbocycles. The summed E-state index contributed by atoms with van der Waals surface area (Å²) in [6.07, 6.45) is -0.0199. The SMILES string of the molecule is COc1cccc(C(=O)Cc2cccc(F)c2Cl)c1N. The van der Waals surface area contributed by atoms with Gasteiger partial charge in [-0.3, -0.25) is 4.79 Å². The Balaban J connectivity index is 2.31. The standard InChI is InChI=1S/C15H13ClFNO2/c1-20-13-7-3-5-10(15(13)18)12(19)8-9-4-2-6-11(17)14(9)16/h2-7H,8,18H2,1H3. The average Bonchev–Trinajstić information content (AvgIpc) is 2.44. The molecule has 0 aromatic heterocycles. The number of Topliss-reactive ketones (excluding diaryl/α,β-unsaturated/α-hetero) is 1. The lowest BCUT2D eigenvalue weighted by Gasteiger charge is -2.10. The largest absolute Gasteiger partial charge is 0.495 e. The summed E-state index contributed by atoms with van der Waals surface area (Å²) in [5.74, 6) is -0.356. The Hall–Kier alpha value is -2.07. The second kappa shape index (κ2) is 5.92. The van der Waals surface area contributed by atoms with Crippen molar-refractivity contribution >= 4 is 23.1 Å². The highest BCUT2D eigenvalue weighted by molar-refractivity contribution is 6.31. The minimum absolute atomic E-state index is 0.0199. The zero-order chi connectivity index (χ0) is 14.7. The van der Waals surface area contributed by atoms with E-state index in [4.69, 9.17) is 22.1 Å². The third kappa shape index (κ3) is 2.75. The minimum atomic E-state index is -0.546. The van der Waals surface area contributed by atoms with Gasteiger partial charge in [0.25, 0.3) is 0 Å². The summed E-state index contributed by atoms with van der Waals surface area (Å²) in [5, 5.41) is -0.0395. The van der Waals surface area contributed by atoms with Crippen LogP contribution in [0.1, 0.15) is 15.9 Å². The molecule has 0 radical (unpaired) electrons. The van der Waals surface area contributed by atoms with E-state index in [1.165, 1.54) is 19.2 Å². The second-order valence-electron chi connectivity index (χ2n) is 4.23. The van der Waals surface area contributed by atoms with Crippen molar-refractivity contribution in [2.75, 3.05) is 12.8 Å². The van der Waals surface area contributed by atoms with Crippen molar-refractivity contribution in [1.29, 1.82) is 0 Å². The van der Waals surface area contributed by atoms with Crippen molar-refractivity contribution < 1.29 is 13.9 Å². The minimum Gasteiger partial charge on any atom is -0.495 e. The van der Waals surface area contributed by atoms with E-state index >= 15 is 0 Å². The van der Waals surface area contributed by atoms with Crippen molar-refractivity contribution in [3.63, 3.8) is 0 Å². The number of anilines is 1. The maximum atomic E-state index is 13.3. The first-order valence-electron chi connectivity index (χ1n) is 5.93. The van der Waals surface area contributed by atoms with Crippen molar-refractivity contribution in [2.45, 2.75) is 6.42 Å². The zero-order valence-corrected chi connectivity index (χ0v) is 11.6. The van der Waals surface area contributed by atoms with Crippen molar-refractivity contribution in [3.8, 4) is 5.75 Å². The fourth-order valence-electron chi connectivity index (χ4n) is 1.92. The number of carbonyl (C=O) groups is 1. The molecule has 5 heteroatoms. The molecule has 0 atom stereocenters. The van der Waals surface area contributed by atoms with Crippen LogP contribution in [0.5, 0.6) is 5.75 Å². The van der Waals surface area contributed by atoms with Gasteiger partial charge in [0.2, 0.25) is 0 Å². The smallest absolute Gasteiger partial charge is 0.169 e. The summed E-state index contributed by atoms with van der Waals surface area (Å²) in [6.45, 7) is 0. The molecule has 3 nitrogen and oxygen atoms in total. The van der Waals surface area contributed by atoms with Crippen LogP contribution in [0.2, 0.25) is 5.02 Å². The molecule has 0 spiro atoms. The van der Waals surface area contributed by atoms with E-state index in [0.29, 0.717) is 16.9 Å². The third-order valence-corrected chi connectivity index (χ3v) is 3.39. The summed E-state index contributed by atoms with van der Waals surface area (Å²) >= 11 is 5.84. The molecule has 0 aliphatic rings. The molecule has 0 unspecified atom stereocenters. The molecular weight excluding hydrogens is 281 g/mol. The molecule has 2 rings (SSSR count). The third-order valence-electron chi connectivity index (χ3n) is 2.97. The maximum absolute atomic E-state index is 13.3. The summed E-state index contributed by atoms with van der Waals surface area (Å²) in [7, 11) is 1.48. The topological polar surface area (TPSA) is 52.3 Å². The number of halogens is 2. The monoisotopic (exact) mass is 293 g/mol. The van der Waals surface area contributed by atoms with Crippen molar-refractivity contribution in [1.82, 2.24) is 0 Å². The number of benzene rings is 2. The first-order chi connectivity index (χ1) is 9.54. The van der Waals surface area contributed by atoms with Crippen LogP contribution in [0, 0.1) is 5.82 Å². The van der Waals surface area contributed by atoms with E-state index in [-0.39, 0.29) is 22.9 Å². The Morgan fingerprint density at radius 2 is 2.00 bits per heavy atom. The van der Waals surface area contributed by atoms with Crippen LogP contribution in [0.4, 0.5) is 10.1 Å². The molecule has 0 fully saturated rings. The molecular formula is C15H13ClFNO2. The molecule has 0 aliphatic heterocycles. The van der Waals surface area contributed by atoms with E-state index in [9.17, 15) is 9.18 Å². The van der Waals surface area contributed by atoms with Gasteiger partial charge in [-0.25, -0.2) is 4.39 Å². The molecule has 2 N–H and O–H groups in total. The van der Waals surface area contributed by atoms with Gasteiger partial charge in [-0.1, -0.05) is 29.8 Å². The van der Waals surface area contributed by atoms with E-state index in [0.717, 1.165) is 0 Å². The van der Waals surface area contributed by atoms with Crippen molar-refractivity contribution in [3.05, 3.63) is 58.4 Å². The van der Waals surface area contributed by atoms with Gasteiger partial charge in [-0.15, -0.1) is 0 Å². The number of rotatable bonds is 4. The van der Waals surface area contributed by atoms with Gasteiger partial charge in [-0.2, -0.15) is 0 Å². The first-order valence-corrected chi connectivity index (χ1v) is 6.31. The lowest BCUT2D eigenvalue weighted by atomic mass is 10.0. The Morgan fingerprint density at radius 1 is 1.30 bits per heavy atom. The summed E-state index contributed by atoms with van der Waals surface area (Å²) in [4.78, 5) is 12.2. The number of ketones is 1. The molecule has 0 aliphatic carbocycles. The molecule has 20 heavy (non-hydrogen) atoms. The lowest BCUT2D eigenvalue weighted by Crippen LogP contribution is -2.08. The summed E-state index contributed by atoms with van der Waals surface area (Å²) in [6, 6.07) is 9.32. The van der Waals surface area contributed by atoms with Crippen LogP contribution in [0.15, 0.2) is 36.4 Å². The van der Waals surface area contributed by atoms with Gasteiger partial charge in [0, 0.05) is 12.0 Å². The highest BCUT2D eigenvalue weighted by Crippen LogP contribution is 2.27. The van der Waals surface area contributed by atoms with E-state index < -0.39 is 5.82 Å². The van der Waals surface area contributed by atoms with Crippen LogP contribution < -0.4 is 10.5 Å². The lowest BCUT2D eigenvalue weighted by molar-refractivity contribution is 0.0993. The Labute approximate surface area is 121 Å². The number of para-hydroxylation sites is 1. The molecule has 0 amide bonds. The van der Waals surface area contributed by atoms with E-state index in [1.54, 1.807) is 24.3 Å². The Bertz CT molecular complexity index is 658. The van der Waals surface area contributed by atoms with Gasteiger partial charge in [0.05, 0.1) is 17.8 Å². The number of hydrogen-bond donors (Lipinski definition) is 1. The van der Waals surface area contributed by atoms with Gasteiger partial charge in [0.15, 0.2) is 5.78 Å². The van der Waals surface area contributed by atoms with Gasteiger partial charge >= 0.3 is 0 Å². The summed E-state index contributed by atoms with van der Waals surface area (Å²) in [5.41, 5.74) is 6.90. The van der Waals surface area contributed by atoms with E-state index in [2.05, 4.69) is 0 Å². The average molecular weight is 294 g/mol. The van der Waals surface area contributed by atoms with Gasteiger partial charge in [-0.05, 0) is 23.8 Å². The molecule has 0 bridgehead atoms. The quantitative estimate of drug-likeness (QED) is 0.693. The Morgan fingerprint density at radius 3 is 2.70 bits per heavy atom. The van der Waals surface area contributed by atoms with Crippen LogP contribution in [-0.4, -0.2) is 12.9 Å². The van der Waals surface area contributed by atoms with Crippen LogP contribution in [0.3, 0.4) is 0 Å². The first kappa shape index (κ1) is 14.3. The highest BCUT2D eigenvalue weighted by atomic mass is 35.5. The summed E-state index contributed by atoms with van der Waals surface area (Å²) < 4.78 is 18.4. The molecule has 0 saturated heterocycles. The number of nitrogens with two attached hydrogens (primary N) is 1. The van der Waals surface area contributed by atoms with Crippen LogP contribution in [0.25, 0.3) is 0 Å². The fourth-order valence-corrected chi connectivity index (χ4v) is 2.11. The number of ether oxygens (including phenoxy) is 1. The predicted molar refractivity (Wildman–Crippen MR) is 76.9 cm³/mol. The molecule has 0 heterocycles. The van der Waals surface area contributed by atoms with E-state index in [1.807, 2.05) is 0 Å². The Kier molecular flexibility index (Phi) is 4.25. The molecule has 2 aromatic rings. The number of hydrogen-bond acceptors (Lipinski definition) is 3. The van der Waals surface area contributed by atoms with Crippen molar-refractivity contribution in [2.24, 2.45) is 0 Å². The molecule has 2 aromatic carbocycles. The number of carbonyl (C=O) groups excluding carboxylic acids is 1. The van der Waals surface area contributed by atoms with Gasteiger partial charge < -0.3 is 10.5 Å². The second-order valence-corrected chi connectivity index (χ2v) is 4.61. The molecule has 104 valence electrons. The van der Waals surface area contributed by atoms with Gasteiger partial charge in [0.1, 0.15) is 11.6 Å². The highest BCUT2D eigenvalue weighted by Gasteiger charge is 2.16. The predicted octanol–water partition coefficient (Wildman–Crippen LogP) is 3.50. The van der Waals surface area contributed by atoms with Crippen LogP contribution in [-0.2, 0) is 6.42 Å².